The Bertz CT molecular complexity index is 1000. The second-order valence-electron chi connectivity index (χ2n) is 19.2. The molecular formula is C48H87NO2. The zero-order chi connectivity index (χ0) is 36.5. The number of ether oxygens (including phenoxy) is 2. The number of rotatable bonds is 26. The third-order valence-electron chi connectivity index (χ3n) is 15.0. The first-order chi connectivity index (χ1) is 24.7. The quantitative estimate of drug-likeness (QED) is 0.0718. The molecule has 3 nitrogen and oxygen atoms in total. The summed E-state index contributed by atoms with van der Waals surface area (Å²) in [7, 11) is 0. The van der Waals surface area contributed by atoms with Gasteiger partial charge in [-0.15, -0.1) is 0 Å². The molecule has 0 heterocycles. The molecule has 4 aliphatic carbocycles. The van der Waals surface area contributed by atoms with Crippen LogP contribution in [-0.2, 0) is 9.47 Å². The van der Waals surface area contributed by atoms with Gasteiger partial charge in [0, 0.05) is 13.2 Å². The number of hydrogen-bond acceptors (Lipinski definition) is 3. The maximum atomic E-state index is 6.68. The molecule has 4 aliphatic rings. The Kier molecular flexibility index (Phi) is 19.2. The summed E-state index contributed by atoms with van der Waals surface area (Å²) in [4.78, 5) is 0. The zero-order valence-electron chi connectivity index (χ0n) is 35.0. The maximum absolute atomic E-state index is 6.68. The summed E-state index contributed by atoms with van der Waals surface area (Å²) < 4.78 is 12.8. The Morgan fingerprint density at radius 2 is 1.47 bits per heavy atom. The lowest BCUT2D eigenvalue weighted by atomic mass is 9.47. The van der Waals surface area contributed by atoms with Gasteiger partial charge in [0.1, 0.15) is 0 Å². The van der Waals surface area contributed by atoms with Crippen molar-refractivity contribution in [1.82, 2.24) is 0 Å². The lowest BCUT2D eigenvalue weighted by Gasteiger charge is -2.58. The molecule has 2 N–H and O–H groups in total. The van der Waals surface area contributed by atoms with E-state index in [2.05, 4.69) is 59.8 Å². The molecule has 0 bridgehead atoms. The molecule has 3 fully saturated rings. The average molecular weight is 710 g/mol. The van der Waals surface area contributed by atoms with Gasteiger partial charge in [0.2, 0.25) is 0 Å². The fraction of sp³-hybridized carbons (Fsp3) is 0.917. The van der Waals surface area contributed by atoms with Crippen molar-refractivity contribution >= 4 is 0 Å². The fourth-order valence-electron chi connectivity index (χ4n) is 11.9. The van der Waals surface area contributed by atoms with Gasteiger partial charge in [0.15, 0.2) is 0 Å². The molecule has 3 saturated carbocycles. The smallest absolute Gasteiger partial charge is 0.0934 e. The summed E-state index contributed by atoms with van der Waals surface area (Å²) in [6.45, 7) is 17.1. The number of nitrogens with two attached hydrogens (primary N) is 1. The highest BCUT2D eigenvalue weighted by Gasteiger charge is 2.59. The SMILES string of the molecule is CCCCCCCC/C=C\CCCCCCCCOCC(CN)OC1CC[C@@]2(C)C(=CCC3C2CC[C@@]2(C)C3CC[C@@H]2[C@H](C)CCCC(C)C)C1. The van der Waals surface area contributed by atoms with Crippen LogP contribution >= 0.6 is 0 Å². The number of unbranched alkanes of at least 4 members (excludes halogenated alkanes) is 12. The van der Waals surface area contributed by atoms with E-state index in [0.29, 0.717) is 30.1 Å². The van der Waals surface area contributed by atoms with Crippen LogP contribution in [0.4, 0.5) is 0 Å². The molecule has 0 aliphatic heterocycles. The van der Waals surface area contributed by atoms with Gasteiger partial charge in [0.05, 0.1) is 18.8 Å². The summed E-state index contributed by atoms with van der Waals surface area (Å²) in [5, 5.41) is 0. The summed E-state index contributed by atoms with van der Waals surface area (Å²) in [6, 6.07) is 0. The van der Waals surface area contributed by atoms with Crippen LogP contribution in [0.5, 0.6) is 0 Å². The van der Waals surface area contributed by atoms with Gasteiger partial charge in [-0.1, -0.05) is 142 Å². The third-order valence-corrected chi connectivity index (χ3v) is 15.0. The molecule has 0 saturated heterocycles. The first kappa shape index (κ1) is 43.1. The predicted molar refractivity (Wildman–Crippen MR) is 221 cm³/mol. The number of hydrogen-bond donors (Lipinski definition) is 1. The van der Waals surface area contributed by atoms with Gasteiger partial charge in [-0.3, -0.25) is 0 Å². The largest absolute Gasteiger partial charge is 0.379 e. The van der Waals surface area contributed by atoms with Gasteiger partial charge in [0.25, 0.3) is 0 Å². The summed E-state index contributed by atoms with van der Waals surface area (Å²) in [5.74, 6) is 5.37. The third kappa shape index (κ3) is 12.7. The van der Waals surface area contributed by atoms with Crippen molar-refractivity contribution in [1.29, 1.82) is 0 Å². The first-order valence-electron chi connectivity index (χ1n) is 23.0. The molecule has 3 heteroatoms. The van der Waals surface area contributed by atoms with E-state index in [1.54, 1.807) is 5.57 Å². The molecule has 9 atom stereocenters. The van der Waals surface area contributed by atoms with Crippen LogP contribution in [0.3, 0.4) is 0 Å². The summed E-state index contributed by atoms with van der Waals surface area (Å²) >= 11 is 0. The Morgan fingerprint density at radius 1 is 0.784 bits per heavy atom. The predicted octanol–water partition coefficient (Wildman–Crippen LogP) is 13.8. The van der Waals surface area contributed by atoms with Gasteiger partial charge >= 0.3 is 0 Å². The van der Waals surface area contributed by atoms with E-state index in [1.165, 1.54) is 148 Å². The van der Waals surface area contributed by atoms with Crippen molar-refractivity contribution in [2.45, 2.75) is 214 Å². The fourth-order valence-corrected chi connectivity index (χ4v) is 11.9. The van der Waals surface area contributed by atoms with Crippen molar-refractivity contribution in [3.63, 3.8) is 0 Å². The first-order valence-corrected chi connectivity index (χ1v) is 23.0. The maximum Gasteiger partial charge on any atom is 0.0934 e. The highest BCUT2D eigenvalue weighted by molar-refractivity contribution is 5.25. The van der Waals surface area contributed by atoms with Gasteiger partial charge < -0.3 is 15.2 Å². The molecule has 0 aromatic rings. The average Bonchev–Trinajstić information content (AvgIpc) is 3.47. The summed E-state index contributed by atoms with van der Waals surface area (Å²) in [6.07, 6.45) is 41.7. The highest BCUT2D eigenvalue weighted by Crippen LogP contribution is 2.67. The van der Waals surface area contributed by atoms with E-state index in [1.807, 2.05) is 0 Å². The molecule has 0 aromatic heterocycles. The molecule has 0 aromatic carbocycles. The van der Waals surface area contributed by atoms with Gasteiger partial charge in [-0.25, -0.2) is 0 Å². The Balaban J connectivity index is 1.08. The van der Waals surface area contributed by atoms with Gasteiger partial charge in [-0.05, 0) is 130 Å². The number of fused-ring (bicyclic) bond motifs is 5. The standard InChI is InChI=1S/C48H87NO2/c1-7-8-9-10-11-12-13-14-15-16-17-18-19-20-21-22-34-50-37-42(36-49)51-41-30-32-47(5)40(35-41)26-27-43-45-29-28-44(39(4)25-23-24-38(2)3)48(45,6)33-31-46(43)47/h14-15,26,38-39,41-46H,7-13,16-25,27-37,49H2,1-6H3/b15-14-/t39-,41?,42?,43?,44-,45?,46?,47+,48-/m1/s1. The topological polar surface area (TPSA) is 44.5 Å². The molecule has 51 heavy (non-hydrogen) atoms. The van der Waals surface area contributed by atoms with Crippen LogP contribution in [0.15, 0.2) is 23.8 Å². The minimum absolute atomic E-state index is 0.0266. The highest BCUT2D eigenvalue weighted by atomic mass is 16.5. The molecule has 0 amide bonds. The van der Waals surface area contributed by atoms with Gasteiger partial charge in [-0.2, -0.15) is 0 Å². The zero-order valence-corrected chi connectivity index (χ0v) is 35.0. The second-order valence-corrected chi connectivity index (χ2v) is 19.2. The second kappa shape index (κ2) is 22.7. The van der Waals surface area contributed by atoms with Crippen molar-refractivity contribution in [3.8, 4) is 0 Å². The van der Waals surface area contributed by atoms with E-state index >= 15 is 0 Å². The van der Waals surface area contributed by atoms with Crippen LogP contribution in [-0.4, -0.2) is 32.0 Å². The Hall–Kier alpha value is -0.640. The molecule has 0 spiro atoms. The monoisotopic (exact) mass is 710 g/mol. The summed E-state index contributed by atoms with van der Waals surface area (Å²) in [5.41, 5.74) is 8.89. The molecule has 5 unspecified atom stereocenters. The lowest BCUT2D eigenvalue weighted by molar-refractivity contribution is -0.0876. The number of allylic oxidation sites excluding steroid dienone is 3. The van der Waals surface area contributed by atoms with E-state index in [9.17, 15) is 0 Å². The van der Waals surface area contributed by atoms with E-state index in [-0.39, 0.29) is 6.10 Å². The van der Waals surface area contributed by atoms with Crippen LogP contribution in [0.1, 0.15) is 202 Å². The normalized spacial score (nSPS) is 31.8. The Labute approximate surface area is 318 Å². The van der Waals surface area contributed by atoms with Crippen LogP contribution in [0.2, 0.25) is 0 Å². The lowest BCUT2D eigenvalue weighted by Crippen LogP contribution is -2.51. The molecular weight excluding hydrogens is 623 g/mol. The molecule has 4 rings (SSSR count). The van der Waals surface area contributed by atoms with E-state index in [4.69, 9.17) is 15.2 Å². The van der Waals surface area contributed by atoms with E-state index in [0.717, 1.165) is 55.0 Å². The minimum Gasteiger partial charge on any atom is -0.379 e. The minimum atomic E-state index is 0.0266. The van der Waals surface area contributed by atoms with Crippen molar-refractivity contribution in [2.75, 3.05) is 19.8 Å². The van der Waals surface area contributed by atoms with Crippen molar-refractivity contribution in [3.05, 3.63) is 23.8 Å². The van der Waals surface area contributed by atoms with E-state index < -0.39 is 0 Å². The Morgan fingerprint density at radius 3 is 2.16 bits per heavy atom. The molecule has 0 radical (unpaired) electrons. The van der Waals surface area contributed by atoms with Crippen molar-refractivity contribution in [2.24, 2.45) is 52.1 Å². The van der Waals surface area contributed by atoms with Crippen molar-refractivity contribution < 1.29 is 9.47 Å². The van der Waals surface area contributed by atoms with Crippen LogP contribution in [0.25, 0.3) is 0 Å². The molecule has 296 valence electrons. The van der Waals surface area contributed by atoms with Crippen LogP contribution in [0, 0.1) is 46.3 Å². The van der Waals surface area contributed by atoms with Crippen LogP contribution < -0.4 is 5.73 Å².